The maximum atomic E-state index is 5.75. The monoisotopic (exact) mass is 214 g/mol. The van der Waals surface area contributed by atoms with Crippen molar-refractivity contribution in [3.8, 4) is 0 Å². The average molecular weight is 214 g/mol. The summed E-state index contributed by atoms with van der Waals surface area (Å²) in [4.78, 5) is 0. The highest BCUT2D eigenvalue weighted by Crippen LogP contribution is 2.33. The van der Waals surface area contributed by atoms with Crippen molar-refractivity contribution < 1.29 is 18.9 Å². The molecule has 0 aliphatic carbocycles. The van der Waals surface area contributed by atoms with E-state index in [-0.39, 0.29) is 18.5 Å². The first-order chi connectivity index (χ1) is 7.11. The van der Waals surface area contributed by atoms with Crippen LogP contribution in [0.3, 0.4) is 0 Å². The summed E-state index contributed by atoms with van der Waals surface area (Å²) in [6.07, 6.45) is 2.39. The molecule has 2 aliphatic heterocycles. The molecule has 0 unspecified atom stereocenters. The van der Waals surface area contributed by atoms with Crippen molar-refractivity contribution >= 4 is 0 Å². The third-order valence-corrected chi connectivity index (χ3v) is 2.60. The summed E-state index contributed by atoms with van der Waals surface area (Å²) in [6.45, 7) is 8.52. The molecule has 15 heavy (non-hydrogen) atoms. The highest BCUT2D eigenvalue weighted by Gasteiger charge is 2.44. The standard InChI is InChI=1S/C11H18O4/c1-4-5-12-10-6-8-9(14-10)7-13-11(2,3)15-8/h4,8-10H,1,5-7H2,2-3H3/t8-,9+,10+/m0/s1. The summed E-state index contributed by atoms with van der Waals surface area (Å²) in [6, 6.07) is 0. The minimum absolute atomic E-state index is 0.00726. The van der Waals surface area contributed by atoms with Gasteiger partial charge in [-0.25, -0.2) is 0 Å². The lowest BCUT2D eigenvalue weighted by molar-refractivity contribution is -0.295. The van der Waals surface area contributed by atoms with Crippen LogP contribution < -0.4 is 0 Å². The molecule has 0 amide bonds. The number of hydrogen-bond acceptors (Lipinski definition) is 4. The van der Waals surface area contributed by atoms with E-state index >= 15 is 0 Å². The van der Waals surface area contributed by atoms with E-state index in [0.29, 0.717) is 13.2 Å². The van der Waals surface area contributed by atoms with Gasteiger partial charge >= 0.3 is 0 Å². The summed E-state index contributed by atoms with van der Waals surface area (Å²) in [7, 11) is 0. The van der Waals surface area contributed by atoms with Crippen LogP contribution in [-0.4, -0.2) is 37.5 Å². The van der Waals surface area contributed by atoms with Crippen LogP contribution in [0.4, 0.5) is 0 Å². The Kier molecular flexibility index (Phi) is 3.11. The fourth-order valence-electron chi connectivity index (χ4n) is 1.91. The second-order valence-electron chi connectivity index (χ2n) is 4.33. The highest BCUT2D eigenvalue weighted by molar-refractivity contribution is 4.85. The SMILES string of the molecule is C=CCO[C@H]1C[C@@H]2OC(C)(C)OC[C@H]2O1. The Labute approximate surface area is 90.1 Å². The summed E-state index contributed by atoms with van der Waals surface area (Å²) in [5, 5.41) is 0. The van der Waals surface area contributed by atoms with E-state index in [1.165, 1.54) is 0 Å². The Hall–Kier alpha value is -0.420. The first-order valence-electron chi connectivity index (χ1n) is 5.30. The molecule has 0 saturated carbocycles. The molecule has 0 spiro atoms. The molecular formula is C11H18O4. The molecule has 4 heteroatoms. The van der Waals surface area contributed by atoms with Gasteiger partial charge in [-0.15, -0.1) is 6.58 Å². The smallest absolute Gasteiger partial charge is 0.163 e. The van der Waals surface area contributed by atoms with Crippen molar-refractivity contribution in [1.82, 2.24) is 0 Å². The number of fused-ring (bicyclic) bond motifs is 1. The van der Waals surface area contributed by atoms with Gasteiger partial charge < -0.3 is 18.9 Å². The van der Waals surface area contributed by atoms with E-state index in [4.69, 9.17) is 18.9 Å². The van der Waals surface area contributed by atoms with E-state index in [1.807, 2.05) is 13.8 Å². The lowest BCUT2D eigenvalue weighted by atomic mass is 10.1. The summed E-state index contributed by atoms with van der Waals surface area (Å²) >= 11 is 0. The van der Waals surface area contributed by atoms with Crippen LogP contribution in [0.1, 0.15) is 20.3 Å². The first-order valence-corrected chi connectivity index (χ1v) is 5.30. The van der Waals surface area contributed by atoms with Crippen LogP contribution in [0, 0.1) is 0 Å². The Bertz CT molecular complexity index is 239. The first kappa shape index (κ1) is 11.1. The third-order valence-electron chi connectivity index (χ3n) is 2.60. The molecule has 0 aromatic heterocycles. The third kappa shape index (κ3) is 2.58. The Morgan fingerprint density at radius 1 is 1.47 bits per heavy atom. The summed E-state index contributed by atoms with van der Waals surface area (Å²) < 4.78 is 22.3. The van der Waals surface area contributed by atoms with E-state index in [0.717, 1.165) is 6.42 Å². The van der Waals surface area contributed by atoms with E-state index < -0.39 is 5.79 Å². The second-order valence-corrected chi connectivity index (χ2v) is 4.33. The zero-order valence-corrected chi connectivity index (χ0v) is 9.27. The van der Waals surface area contributed by atoms with Crippen molar-refractivity contribution in [2.45, 2.75) is 44.6 Å². The fourth-order valence-corrected chi connectivity index (χ4v) is 1.91. The van der Waals surface area contributed by atoms with E-state index in [2.05, 4.69) is 6.58 Å². The predicted molar refractivity (Wildman–Crippen MR) is 54.3 cm³/mol. The van der Waals surface area contributed by atoms with Gasteiger partial charge in [0.25, 0.3) is 0 Å². The van der Waals surface area contributed by atoms with Crippen LogP contribution >= 0.6 is 0 Å². The normalized spacial score (nSPS) is 38.7. The van der Waals surface area contributed by atoms with Crippen LogP contribution in [0.2, 0.25) is 0 Å². The lowest BCUT2D eigenvalue weighted by Gasteiger charge is -2.36. The fraction of sp³-hybridized carbons (Fsp3) is 0.818. The van der Waals surface area contributed by atoms with Crippen molar-refractivity contribution in [2.75, 3.05) is 13.2 Å². The van der Waals surface area contributed by atoms with Gasteiger partial charge in [0, 0.05) is 6.42 Å². The minimum atomic E-state index is -0.502. The molecule has 2 saturated heterocycles. The molecule has 86 valence electrons. The molecule has 2 fully saturated rings. The van der Waals surface area contributed by atoms with Crippen LogP contribution in [-0.2, 0) is 18.9 Å². The van der Waals surface area contributed by atoms with Crippen molar-refractivity contribution in [3.05, 3.63) is 12.7 Å². The average Bonchev–Trinajstić information content (AvgIpc) is 2.55. The summed E-state index contributed by atoms with van der Waals surface area (Å²) in [5.41, 5.74) is 0. The number of rotatable bonds is 3. The molecule has 4 nitrogen and oxygen atoms in total. The van der Waals surface area contributed by atoms with Gasteiger partial charge in [-0.2, -0.15) is 0 Å². The van der Waals surface area contributed by atoms with E-state index in [1.54, 1.807) is 6.08 Å². The number of hydrogen-bond donors (Lipinski definition) is 0. The molecule has 0 aromatic carbocycles. The van der Waals surface area contributed by atoms with Gasteiger partial charge in [0.05, 0.1) is 19.3 Å². The maximum absolute atomic E-state index is 5.75. The molecule has 0 bridgehead atoms. The minimum Gasteiger partial charge on any atom is -0.349 e. The van der Waals surface area contributed by atoms with Gasteiger partial charge in [-0.3, -0.25) is 0 Å². The quantitative estimate of drug-likeness (QED) is 0.666. The van der Waals surface area contributed by atoms with Gasteiger partial charge in [0.15, 0.2) is 12.1 Å². The molecule has 0 radical (unpaired) electrons. The molecule has 2 aliphatic rings. The molecule has 3 atom stereocenters. The molecule has 0 aromatic rings. The largest absolute Gasteiger partial charge is 0.349 e. The summed E-state index contributed by atoms with van der Waals surface area (Å²) in [5.74, 6) is -0.502. The molecule has 0 N–H and O–H groups in total. The van der Waals surface area contributed by atoms with Gasteiger partial charge in [0.1, 0.15) is 6.10 Å². The second kappa shape index (κ2) is 4.22. The maximum Gasteiger partial charge on any atom is 0.163 e. The van der Waals surface area contributed by atoms with E-state index in [9.17, 15) is 0 Å². The Morgan fingerprint density at radius 2 is 2.27 bits per heavy atom. The van der Waals surface area contributed by atoms with Crippen LogP contribution in [0.25, 0.3) is 0 Å². The molecule has 2 rings (SSSR count). The zero-order valence-electron chi connectivity index (χ0n) is 9.27. The lowest BCUT2D eigenvalue weighted by Crippen LogP contribution is -2.46. The van der Waals surface area contributed by atoms with Gasteiger partial charge in [-0.1, -0.05) is 6.08 Å². The van der Waals surface area contributed by atoms with Gasteiger partial charge in [0.2, 0.25) is 0 Å². The van der Waals surface area contributed by atoms with Crippen molar-refractivity contribution in [1.29, 1.82) is 0 Å². The number of ether oxygens (including phenoxy) is 4. The molecule has 2 heterocycles. The topological polar surface area (TPSA) is 36.9 Å². The van der Waals surface area contributed by atoms with Crippen LogP contribution in [0.15, 0.2) is 12.7 Å². The predicted octanol–water partition coefficient (Wildman–Crippen LogP) is 1.46. The van der Waals surface area contributed by atoms with Crippen molar-refractivity contribution in [2.24, 2.45) is 0 Å². The Balaban J connectivity index is 1.87. The Morgan fingerprint density at radius 3 is 3.00 bits per heavy atom. The molecular weight excluding hydrogens is 196 g/mol. The van der Waals surface area contributed by atoms with Crippen LogP contribution in [0.5, 0.6) is 0 Å². The van der Waals surface area contributed by atoms with Crippen molar-refractivity contribution in [3.63, 3.8) is 0 Å². The highest BCUT2D eigenvalue weighted by atomic mass is 16.8. The van der Waals surface area contributed by atoms with Gasteiger partial charge in [-0.05, 0) is 13.8 Å². The zero-order chi connectivity index (χ0) is 10.9.